The summed E-state index contributed by atoms with van der Waals surface area (Å²) in [4.78, 5) is 15.0. The summed E-state index contributed by atoms with van der Waals surface area (Å²) in [7, 11) is -4.03. The molecule has 0 aliphatic carbocycles. The predicted octanol–water partition coefficient (Wildman–Crippen LogP) is 4.68. The lowest BCUT2D eigenvalue weighted by Gasteiger charge is -2.35. The van der Waals surface area contributed by atoms with E-state index in [2.05, 4.69) is 6.92 Å². The summed E-state index contributed by atoms with van der Waals surface area (Å²) in [6, 6.07) is 9.56. The molecule has 3 aromatic rings. The van der Waals surface area contributed by atoms with Crippen LogP contribution < -0.4 is 10.3 Å². The number of piperidine rings is 1. The molecule has 5 nitrogen and oxygen atoms in total. The summed E-state index contributed by atoms with van der Waals surface area (Å²) >= 11 is 0. The molecular formula is C24H27FN2O3S. The number of nitrogens with zero attached hydrogens (tertiary/aromatic N) is 2. The van der Waals surface area contributed by atoms with Gasteiger partial charge in [0.05, 0.1) is 21.5 Å². The van der Waals surface area contributed by atoms with Gasteiger partial charge in [0.2, 0.25) is 15.3 Å². The zero-order chi connectivity index (χ0) is 22.3. The number of sulfone groups is 1. The maximum Gasteiger partial charge on any atom is 0.211 e. The number of aryl methyl sites for hydroxylation is 2. The van der Waals surface area contributed by atoms with Gasteiger partial charge >= 0.3 is 0 Å². The maximum absolute atomic E-state index is 15.2. The molecule has 0 radical (unpaired) electrons. The van der Waals surface area contributed by atoms with Gasteiger partial charge in [0, 0.05) is 25.3 Å². The topological polar surface area (TPSA) is 59.4 Å². The minimum absolute atomic E-state index is 0.0610. The lowest BCUT2D eigenvalue weighted by molar-refractivity contribution is 0.476. The van der Waals surface area contributed by atoms with Gasteiger partial charge in [-0.3, -0.25) is 4.79 Å². The third kappa shape index (κ3) is 3.76. The number of hydrogen-bond acceptors (Lipinski definition) is 4. The first-order valence-corrected chi connectivity index (χ1v) is 12.2. The molecule has 1 aliphatic rings. The second-order valence-corrected chi connectivity index (χ2v) is 10.2. The van der Waals surface area contributed by atoms with Crippen molar-refractivity contribution in [3.63, 3.8) is 0 Å². The van der Waals surface area contributed by atoms with Gasteiger partial charge in [0.15, 0.2) is 0 Å². The number of halogens is 1. The normalized spacial score (nSPS) is 17.3. The van der Waals surface area contributed by atoms with Gasteiger partial charge in [-0.25, -0.2) is 12.8 Å². The smallest absolute Gasteiger partial charge is 0.211 e. The van der Waals surface area contributed by atoms with E-state index in [-0.39, 0.29) is 21.2 Å². The van der Waals surface area contributed by atoms with E-state index in [1.165, 1.54) is 24.4 Å². The molecule has 1 unspecified atom stereocenters. The van der Waals surface area contributed by atoms with Crippen LogP contribution in [-0.4, -0.2) is 25.6 Å². The highest BCUT2D eigenvalue weighted by molar-refractivity contribution is 7.91. The van der Waals surface area contributed by atoms with Gasteiger partial charge in [-0.1, -0.05) is 12.1 Å². The van der Waals surface area contributed by atoms with Crippen LogP contribution in [0.1, 0.15) is 38.7 Å². The summed E-state index contributed by atoms with van der Waals surface area (Å²) in [6.07, 6.45) is 4.50. The highest BCUT2D eigenvalue weighted by Gasteiger charge is 2.26. The summed E-state index contributed by atoms with van der Waals surface area (Å²) in [5.41, 5.74) is 1.13. The first-order chi connectivity index (χ1) is 14.7. The van der Waals surface area contributed by atoms with Gasteiger partial charge in [-0.05, 0) is 69.9 Å². The second-order valence-electron chi connectivity index (χ2n) is 8.29. The van der Waals surface area contributed by atoms with Crippen LogP contribution in [0, 0.1) is 12.7 Å². The molecule has 0 spiro atoms. The lowest BCUT2D eigenvalue weighted by Crippen LogP contribution is -2.38. The first kappa shape index (κ1) is 21.6. The Morgan fingerprint density at radius 2 is 1.94 bits per heavy atom. The van der Waals surface area contributed by atoms with Crippen LogP contribution >= 0.6 is 0 Å². The Balaban J connectivity index is 1.94. The molecule has 7 heteroatoms. The first-order valence-electron chi connectivity index (χ1n) is 10.7. The van der Waals surface area contributed by atoms with Gasteiger partial charge in [-0.15, -0.1) is 0 Å². The molecule has 0 saturated carbocycles. The molecule has 1 atom stereocenters. The number of hydrogen-bond donors (Lipinski definition) is 0. The van der Waals surface area contributed by atoms with E-state index in [1.54, 1.807) is 29.7 Å². The number of pyridine rings is 1. The van der Waals surface area contributed by atoms with Crippen molar-refractivity contribution in [1.82, 2.24) is 4.57 Å². The van der Waals surface area contributed by atoms with Crippen LogP contribution in [0.25, 0.3) is 10.9 Å². The monoisotopic (exact) mass is 442 g/mol. The molecule has 31 heavy (non-hydrogen) atoms. The van der Waals surface area contributed by atoms with Crippen molar-refractivity contribution in [2.45, 2.75) is 62.4 Å². The molecule has 1 aromatic heterocycles. The van der Waals surface area contributed by atoms with E-state index in [9.17, 15) is 13.2 Å². The van der Waals surface area contributed by atoms with E-state index >= 15 is 4.39 Å². The Morgan fingerprint density at radius 3 is 2.61 bits per heavy atom. The van der Waals surface area contributed by atoms with E-state index in [1.807, 2.05) is 11.8 Å². The highest BCUT2D eigenvalue weighted by Crippen LogP contribution is 2.31. The molecule has 2 heterocycles. The minimum atomic E-state index is -4.03. The van der Waals surface area contributed by atoms with E-state index in [0.29, 0.717) is 17.7 Å². The Hall–Kier alpha value is -2.67. The molecule has 1 saturated heterocycles. The second kappa shape index (κ2) is 8.11. The van der Waals surface area contributed by atoms with Crippen LogP contribution in [-0.2, 0) is 16.4 Å². The van der Waals surface area contributed by atoms with Gasteiger partial charge < -0.3 is 9.47 Å². The fraction of sp³-hybridized carbons (Fsp3) is 0.375. The number of aromatic nitrogens is 1. The maximum atomic E-state index is 15.2. The van der Waals surface area contributed by atoms with Crippen molar-refractivity contribution in [3.8, 4) is 0 Å². The molecule has 0 bridgehead atoms. The molecule has 0 N–H and O–H groups in total. The Bertz CT molecular complexity index is 1310. The minimum Gasteiger partial charge on any atom is -0.366 e. The quantitative estimate of drug-likeness (QED) is 0.589. The van der Waals surface area contributed by atoms with Crippen molar-refractivity contribution in [2.75, 3.05) is 11.4 Å². The zero-order valence-electron chi connectivity index (χ0n) is 18.1. The van der Waals surface area contributed by atoms with Crippen molar-refractivity contribution in [1.29, 1.82) is 0 Å². The van der Waals surface area contributed by atoms with Crippen molar-refractivity contribution < 1.29 is 12.8 Å². The highest BCUT2D eigenvalue weighted by atomic mass is 32.2. The van der Waals surface area contributed by atoms with Crippen LogP contribution in [0.5, 0.6) is 0 Å². The SMILES string of the molecule is CCn1cc(S(=O)(=O)c2cccc(C)c2)c(=O)c2cc(F)c(N3CCCCC3C)cc21. The summed E-state index contributed by atoms with van der Waals surface area (Å²) in [5, 5.41) is 0.0847. The van der Waals surface area contributed by atoms with Gasteiger partial charge in [-0.2, -0.15) is 0 Å². The summed E-state index contributed by atoms with van der Waals surface area (Å²) in [6.45, 7) is 6.96. The van der Waals surface area contributed by atoms with Crippen LogP contribution in [0.4, 0.5) is 10.1 Å². The Kier molecular flexibility index (Phi) is 5.64. The molecule has 0 amide bonds. The zero-order valence-corrected chi connectivity index (χ0v) is 18.9. The van der Waals surface area contributed by atoms with E-state index in [0.717, 1.165) is 31.4 Å². The average molecular weight is 443 g/mol. The number of benzene rings is 2. The standard InChI is InChI=1S/C24H27FN2O3S/c1-4-26-15-23(31(29,30)18-10-7-8-16(2)12-18)24(28)19-13-20(25)22(14-21(19)26)27-11-6-5-9-17(27)3/h7-8,10,12-15,17H,4-6,9,11H2,1-3H3. The molecule has 2 aromatic carbocycles. The van der Waals surface area contributed by atoms with Crippen LogP contribution in [0.15, 0.2) is 57.2 Å². The average Bonchev–Trinajstić information content (AvgIpc) is 2.74. The van der Waals surface area contributed by atoms with Crippen molar-refractivity contribution in [2.24, 2.45) is 0 Å². The molecule has 1 aliphatic heterocycles. The Labute approximate surface area is 182 Å². The number of anilines is 1. The number of rotatable bonds is 4. The fourth-order valence-corrected chi connectivity index (χ4v) is 5.88. The third-order valence-corrected chi connectivity index (χ3v) is 7.90. The largest absolute Gasteiger partial charge is 0.366 e. The summed E-state index contributed by atoms with van der Waals surface area (Å²) < 4.78 is 43.4. The van der Waals surface area contributed by atoms with Crippen molar-refractivity contribution >= 4 is 26.4 Å². The third-order valence-electron chi connectivity index (χ3n) is 6.16. The van der Waals surface area contributed by atoms with Crippen LogP contribution in [0.3, 0.4) is 0 Å². The summed E-state index contributed by atoms with van der Waals surface area (Å²) in [5.74, 6) is -0.494. The molecule has 164 valence electrons. The molecule has 4 rings (SSSR count). The van der Waals surface area contributed by atoms with Gasteiger partial charge in [0.1, 0.15) is 10.7 Å². The van der Waals surface area contributed by atoms with E-state index < -0.39 is 21.1 Å². The fourth-order valence-electron chi connectivity index (χ4n) is 4.41. The predicted molar refractivity (Wildman–Crippen MR) is 121 cm³/mol. The molecule has 1 fully saturated rings. The lowest BCUT2D eigenvalue weighted by atomic mass is 10.0. The van der Waals surface area contributed by atoms with Gasteiger partial charge in [0.25, 0.3) is 0 Å². The Morgan fingerprint density at radius 1 is 1.16 bits per heavy atom. The van der Waals surface area contributed by atoms with Crippen molar-refractivity contribution in [3.05, 3.63) is 64.2 Å². The number of fused-ring (bicyclic) bond motifs is 1. The van der Waals surface area contributed by atoms with E-state index in [4.69, 9.17) is 0 Å². The van der Waals surface area contributed by atoms with Crippen LogP contribution in [0.2, 0.25) is 0 Å². The molecular weight excluding hydrogens is 415 g/mol.